The number of unbranched alkanes of at least 4 members (excludes halogenated alkanes) is 44. The first kappa shape index (κ1) is 77.9. The lowest BCUT2D eigenvalue weighted by Gasteiger charge is -2.40. The second-order valence-corrected chi connectivity index (χ2v) is 24.7. The summed E-state index contributed by atoms with van der Waals surface area (Å²) in [6.45, 7) is 3.79. The number of aliphatic hydroxyl groups excluding tert-OH is 5. The van der Waals surface area contributed by atoms with Gasteiger partial charge in [-0.3, -0.25) is 4.79 Å². The maximum absolute atomic E-state index is 13.1. The van der Waals surface area contributed by atoms with Crippen LogP contribution in [0.4, 0.5) is 0 Å². The van der Waals surface area contributed by atoms with Crippen molar-refractivity contribution < 1.29 is 39.8 Å². The Morgan fingerprint density at radius 2 is 0.732 bits per heavy atom. The lowest BCUT2D eigenvalue weighted by molar-refractivity contribution is -0.302. The minimum atomic E-state index is -1.58. The van der Waals surface area contributed by atoms with Crippen molar-refractivity contribution in [3.05, 3.63) is 60.8 Å². The fraction of sp³-hybridized carbons (Fsp3) is 0.849. The molecule has 82 heavy (non-hydrogen) atoms. The first-order chi connectivity index (χ1) is 40.3. The van der Waals surface area contributed by atoms with Crippen molar-refractivity contribution in [2.75, 3.05) is 13.2 Å². The Hall–Kier alpha value is -2.11. The Morgan fingerprint density at radius 1 is 0.415 bits per heavy atom. The van der Waals surface area contributed by atoms with E-state index in [-0.39, 0.29) is 12.5 Å². The molecule has 0 bridgehead atoms. The molecule has 6 N–H and O–H groups in total. The van der Waals surface area contributed by atoms with Crippen LogP contribution in [0.1, 0.15) is 341 Å². The smallest absolute Gasteiger partial charge is 0.220 e. The molecule has 0 aromatic rings. The van der Waals surface area contributed by atoms with E-state index in [1.807, 2.05) is 6.08 Å². The van der Waals surface area contributed by atoms with Crippen LogP contribution >= 0.6 is 0 Å². The monoisotopic (exact) mass is 1150 g/mol. The van der Waals surface area contributed by atoms with Crippen LogP contribution in [0.25, 0.3) is 0 Å². The first-order valence-electron chi connectivity index (χ1n) is 35.5. The van der Waals surface area contributed by atoms with Gasteiger partial charge in [0, 0.05) is 6.42 Å². The normalized spacial score (nSPS) is 18.6. The third kappa shape index (κ3) is 50.1. The van der Waals surface area contributed by atoms with Crippen molar-refractivity contribution in [3.8, 4) is 0 Å². The molecule has 9 heteroatoms. The van der Waals surface area contributed by atoms with Gasteiger partial charge in [0.25, 0.3) is 0 Å². The van der Waals surface area contributed by atoms with Gasteiger partial charge in [-0.1, -0.05) is 319 Å². The lowest BCUT2D eigenvalue weighted by Crippen LogP contribution is -2.60. The molecule has 0 saturated carbocycles. The van der Waals surface area contributed by atoms with Crippen molar-refractivity contribution in [1.82, 2.24) is 5.32 Å². The van der Waals surface area contributed by atoms with Crippen molar-refractivity contribution in [2.24, 2.45) is 0 Å². The van der Waals surface area contributed by atoms with E-state index in [0.29, 0.717) is 6.42 Å². The predicted molar refractivity (Wildman–Crippen MR) is 350 cm³/mol. The quantitative estimate of drug-likeness (QED) is 0.0261. The Kier molecular flexibility index (Phi) is 58.9. The lowest BCUT2D eigenvalue weighted by atomic mass is 9.99. The minimum absolute atomic E-state index is 0.186. The molecule has 1 amide bonds. The zero-order chi connectivity index (χ0) is 59.3. The van der Waals surface area contributed by atoms with Gasteiger partial charge < -0.3 is 40.3 Å². The molecule has 0 spiro atoms. The molecule has 1 aliphatic rings. The van der Waals surface area contributed by atoms with Gasteiger partial charge in [-0.2, -0.15) is 0 Å². The molecular weight excluding hydrogens is 1020 g/mol. The summed E-state index contributed by atoms with van der Waals surface area (Å²) in [5.41, 5.74) is 0. The fourth-order valence-electron chi connectivity index (χ4n) is 11.2. The molecule has 0 aromatic carbocycles. The number of allylic oxidation sites excluding steroid dienone is 9. The summed E-state index contributed by atoms with van der Waals surface area (Å²) in [4.78, 5) is 13.1. The van der Waals surface area contributed by atoms with E-state index < -0.39 is 49.5 Å². The highest BCUT2D eigenvalue weighted by atomic mass is 16.7. The largest absolute Gasteiger partial charge is 0.394 e. The number of amides is 1. The second kappa shape index (κ2) is 62.0. The molecule has 1 rings (SSSR count). The molecule has 7 atom stereocenters. The van der Waals surface area contributed by atoms with Crippen LogP contribution in [0.15, 0.2) is 60.8 Å². The van der Waals surface area contributed by atoms with E-state index >= 15 is 0 Å². The molecule has 1 fully saturated rings. The Bertz CT molecular complexity index is 1480. The van der Waals surface area contributed by atoms with Gasteiger partial charge in [-0.05, 0) is 77.0 Å². The highest BCUT2D eigenvalue weighted by Gasteiger charge is 2.44. The maximum Gasteiger partial charge on any atom is 0.220 e. The molecule has 9 nitrogen and oxygen atoms in total. The van der Waals surface area contributed by atoms with Crippen LogP contribution < -0.4 is 5.32 Å². The standard InChI is InChI=1S/C73H135NO8/c1-3-5-7-9-11-13-15-17-19-21-23-25-27-29-31-33-34-35-37-39-41-43-45-47-49-51-53-55-57-59-61-63-69(77)74-66(65-81-73-72(80)71(79)70(78)68(64-75)82-73)67(76)62-60-58-56-54-52-50-48-46-44-42-40-38-36-32-30-28-26-24-22-20-18-16-14-12-10-8-6-4-2/h15,17,21,23,44,46,52,54,60,62,66-68,70-73,75-76,78-80H,3-14,16,18-20,22,24-43,45,47-51,53,55-59,61,63-65H2,1-2H3,(H,74,77)/b17-15-,23-21-,46-44+,54-52+,62-60+. The third-order valence-electron chi connectivity index (χ3n) is 16.8. The van der Waals surface area contributed by atoms with Gasteiger partial charge in [0.15, 0.2) is 6.29 Å². The Balaban J connectivity index is 2.15. The predicted octanol–water partition coefficient (Wildman–Crippen LogP) is 19.4. The van der Waals surface area contributed by atoms with Gasteiger partial charge in [-0.25, -0.2) is 0 Å². The van der Waals surface area contributed by atoms with Gasteiger partial charge in [0.05, 0.1) is 25.4 Å². The zero-order valence-corrected chi connectivity index (χ0v) is 53.8. The van der Waals surface area contributed by atoms with E-state index in [0.717, 1.165) is 51.4 Å². The van der Waals surface area contributed by atoms with Crippen LogP contribution in [-0.4, -0.2) is 87.5 Å². The van der Waals surface area contributed by atoms with Gasteiger partial charge in [0.2, 0.25) is 5.91 Å². The van der Waals surface area contributed by atoms with Crippen molar-refractivity contribution in [3.63, 3.8) is 0 Å². The summed E-state index contributed by atoms with van der Waals surface area (Å²) in [6, 6.07) is -0.831. The van der Waals surface area contributed by atoms with Crippen molar-refractivity contribution >= 4 is 5.91 Å². The number of ether oxygens (including phenoxy) is 2. The zero-order valence-electron chi connectivity index (χ0n) is 53.8. The first-order valence-corrected chi connectivity index (χ1v) is 35.5. The maximum atomic E-state index is 13.1. The number of carbonyl (C=O) groups excluding carboxylic acids is 1. The molecule has 0 radical (unpaired) electrons. The Labute approximate surface area is 506 Å². The number of aliphatic hydroxyl groups is 5. The Morgan fingerprint density at radius 3 is 1.10 bits per heavy atom. The average Bonchev–Trinajstić information content (AvgIpc) is 3.52. The van der Waals surface area contributed by atoms with Crippen LogP contribution in [0, 0.1) is 0 Å². The summed E-state index contributed by atoms with van der Waals surface area (Å²) in [7, 11) is 0. The van der Waals surface area contributed by atoms with Gasteiger partial charge in [-0.15, -0.1) is 0 Å². The van der Waals surface area contributed by atoms with Crippen LogP contribution in [0.2, 0.25) is 0 Å². The summed E-state index contributed by atoms with van der Waals surface area (Å²) in [5, 5.41) is 54.7. The molecule has 0 aromatic heterocycles. The number of rotatable bonds is 62. The number of carbonyl (C=O) groups is 1. The molecule has 1 aliphatic heterocycles. The number of nitrogens with one attached hydrogen (secondary N) is 1. The van der Waals surface area contributed by atoms with E-state index in [1.165, 1.54) is 270 Å². The number of hydrogen-bond donors (Lipinski definition) is 6. The van der Waals surface area contributed by atoms with Crippen molar-refractivity contribution in [1.29, 1.82) is 0 Å². The van der Waals surface area contributed by atoms with Crippen LogP contribution in [-0.2, 0) is 14.3 Å². The summed E-state index contributed by atoms with van der Waals surface area (Å²) < 4.78 is 11.3. The van der Waals surface area contributed by atoms with E-state index in [4.69, 9.17) is 9.47 Å². The van der Waals surface area contributed by atoms with Crippen LogP contribution in [0.5, 0.6) is 0 Å². The highest BCUT2D eigenvalue weighted by molar-refractivity contribution is 5.76. The van der Waals surface area contributed by atoms with Gasteiger partial charge in [0.1, 0.15) is 24.4 Å². The third-order valence-corrected chi connectivity index (χ3v) is 16.8. The second-order valence-electron chi connectivity index (χ2n) is 24.7. The fourth-order valence-corrected chi connectivity index (χ4v) is 11.2. The minimum Gasteiger partial charge on any atom is -0.394 e. The SMILES string of the molecule is CCCCCCC/C=C\C/C=C\CCCCCCCCCCCCCCCCCCCCCC(=O)NC(COC1OC(CO)C(O)C(O)C1O)C(O)/C=C/CC/C=C/CC/C=C/CCCCCCCCCCCCCCCCCCCC. The number of hydrogen-bond acceptors (Lipinski definition) is 8. The van der Waals surface area contributed by atoms with E-state index in [2.05, 4.69) is 67.8 Å². The van der Waals surface area contributed by atoms with E-state index in [1.54, 1.807) is 6.08 Å². The molecular formula is C73H135NO8. The molecule has 0 aliphatic carbocycles. The van der Waals surface area contributed by atoms with Crippen LogP contribution in [0.3, 0.4) is 0 Å². The summed E-state index contributed by atoms with van der Waals surface area (Å²) in [5.74, 6) is -0.186. The highest BCUT2D eigenvalue weighted by Crippen LogP contribution is 2.23. The molecule has 1 heterocycles. The summed E-state index contributed by atoms with van der Waals surface area (Å²) >= 11 is 0. The molecule has 1 saturated heterocycles. The van der Waals surface area contributed by atoms with E-state index in [9.17, 15) is 30.3 Å². The topological polar surface area (TPSA) is 149 Å². The molecule has 7 unspecified atom stereocenters. The summed E-state index contributed by atoms with van der Waals surface area (Å²) in [6.07, 6.45) is 79.1. The van der Waals surface area contributed by atoms with Gasteiger partial charge >= 0.3 is 0 Å². The average molecular weight is 1150 g/mol. The molecule has 480 valence electrons. The van der Waals surface area contributed by atoms with Crippen molar-refractivity contribution in [2.45, 2.75) is 384 Å².